The molecule has 3 N–H and O–H groups in total. The number of aromatic nitrogens is 3. The van der Waals surface area contributed by atoms with Crippen molar-refractivity contribution in [1.82, 2.24) is 14.8 Å². The van der Waals surface area contributed by atoms with E-state index in [0.29, 0.717) is 10.2 Å². The fourth-order valence-corrected chi connectivity index (χ4v) is 3.31. The van der Waals surface area contributed by atoms with Crippen LogP contribution in [0.1, 0.15) is 30.1 Å². The molecule has 1 aromatic carbocycles. The fourth-order valence-electron chi connectivity index (χ4n) is 2.28. The average molecular weight is 383 g/mol. The Morgan fingerprint density at radius 2 is 1.96 bits per heavy atom. The summed E-state index contributed by atoms with van der Waals surface area (Å²) in [6, 6.07) is 2.22. The first-order valence-electron chi connectivity index (χ1n) is 6.59. The Kier molecular flexibility index (Phi) is 3.77. The maximum atomic E-state index is 12.7. The van der Waals surface area contributed by atoms with Gasteiger partial charge in [0.25, 0.3) is 15.9 Å². The minimum Gasteiger partial charge on any atom is -0.368 e. The van der Waals surface area contributed by atoms with Crippen LogP contribution in [0.5, 0.6) is 0 Å². The second kappa shape index (κ2) is 5.33. The van der Waals surface area contributed by atoms with Gasteiger partial charge in [0, 0.05) is 0 Å². The number of alkyl halides is 3. The molecule has 1 fully saturated rings. The smallest absolute Gasteiger partial charge is 0.368 e. The van der Waals surface area contributed by atoms with Crippen LogP contribution in [0.15, 0.2) is 17.0 Å². The first kappa shape index (κ1) is 17.0. The highest BCUT2D eigenvalue weighted by Gasteiger charge is 2.37. The summed E-state index contributed by atoms with van der Waals surface area (Å²) in [6.07, 6.45) is -3.38. The number of nitrogens with zero attached hydrogens (tertiary/aromatic N) is 3. The minimum atomic E-state index is -4.83. The van der Waals surface area contributed by atoms with E-state index in [2.05, 4.69) is 10.1 Å². The van der Waals surface area contributed by atoms with Crippen LogP contribution in [0.25, 0.3) is 5.69 Å². The van der Waals surface area contributed by atoms with E-state index in [1.165, 1.54) is 6.07 Å². The highest BCUT2D eigenvalue weighted by atomic mass is 35.5. The third-order valence-corrected chi connectivity index (χ3v) is 4.70. The third-order valence-electron chi connectivity index (χ3n) is 3.49. The molecule has 0 spiro atoms. The first-order chi connectivity index (χ1) is 11.0. The topological polar surface area (TPSA) is 111 Å². The molecular weight excluding hydrogens is 373 g/mol. The SMILES string of the molecule is Nc1nc(C(F)(F)F)nn1-c1cc(S(=O)(=O)O)c(C2CC2)cc1Cl. The highest BCUT2D eigenvalue weighted by Crippen LogP contribution is 2.45. The van der Waals surface area contributed by atoms with Crippen molar-refractivity contribution in [2.75, 3.05) is 5.73 Å². The van der Waals surface area contributed by atoms with Gasteiger partial charge in [-0.3, -0.25) is 4.55 Å². The molecule has 0 unspecified atom stereocenters. The van der Waals surface area contributed by atoms with Crippen molar-refractivity contribution in [3.05, 3.63) is 28.5 Å². The number of nitrogens with two attached hydrogens (primary N) is 1. The zero-order valence-electron chi connectivity index (χ0n) is 11.7. The maximum absolute atomic E-state index is 12.7. The first-order valence-corrected chi connectivity index (χ1v) is 8.41. The lowest BCUT2D eigenvalue weighted by atomic mass is 10.1. The summed E-state index contributed by atoms with van der Waals surface area (Å²) in [4.78, 5) is 2.66. The number of hydrogen-bond donors (Lipinski definition) is 2. The second-order valence-electron chi connectivity index (χ2n) is 5.29. The average Bonchev–Trinajstić information content (AvgIpc) is 3.19. The Hall–Kier alpha value is -1.85. The molecule has 1 aromatic heterocycles. The fraction of sp³-hybridized carbons (Fsp3) is 0.333. The summed E-state index contributed by atoms with van der Waals surface area (Å²) >= 11 is 6.05. The van der Waals surface area contributed by atoms with E-state index in [0.717, 1.165) is 18.9 Å². The van der Waals surface area contributed by atoms with Gasteiger partial charge in [0.1, 0.15) is 0 Å². The van der Waals surface area contributed by atoms with Crippen LogP contribution in [0.2, 0.25) is 5.02 Å². The molecule has 1 heterocycles. The van der Waals surface area contributed by atoms with E-state index in [-0.39, 0.29) is 16.6 Å². The molecular formula is C12H10ClF3N4O3S. The molecule has 3 rings (SSSR count). The highest BCUT2D eigenvalue weighted by molar-refractivity contribution is 7.85. The van der Waals surface area contributed by atoms with Crippen molar-refractivity contribution in [3.63, 3.8) is 0 Å². The molecule has 1 saturated carbocycles. The lowest BCUT2D eigenvalue weighted by Crippen LogP contribution is -2.10. The van der Waals surface area contributed by atoms with Gasteiger partial charge in [-0.2, -0.15) is 31.3 Å². The molecule has 12 heteroatoms. The van der Waals surface area contributed by atoms with E-state index in [1.807, 2.05) is 0 Å². The molecule has 7 nitrogen and oxygen atoms in total. The summed E-state index contributed by atoms with van der Waals surface area (Å²) < 4.78 is 71.2. The number of benzene rings is 1. The van der Waals surface area contributed by atoms with E-state index >= 15 is 0 Å². The lowest BCUT2D eigenvalue weighted by molar-refractivity contribution is -0.144. The van der Waals surface area contributed by atoms with Crippen LogP contribution >= 0.6 is 11.6 Å². The van der Waals surface area contributed by atoms with Crippen LogP contribution in [-0.4, -0.2) is 27.7 Å². The summed E-state index contributed by atoms with van der Waals surface area (Å²) in [5.41, 5.74) is 5.51. The Morgan fingerprint density at radius 3 is 2.42 bits per heavy atom. The quantitative estimate of drug-likeness (QED) is 0.789. The minimum absolute atomic E-state index is 0.0605. The molecule has 0 saturated heterocycles. The van der Waals surface area contributed by atoms with Crippen LogP contribution in [-0.2, 0) is 16.3 Å². The van der Waals surface area contributed by atoms with Gasteiger partial charge >= 0.3 is 6.18 Å². The zero-order chi connectivity index (χ0) is 17.9. The molecule has 0 amide bonds. The third kappa shape index (κ3) is 3.06. The summed E-state index contributed by atoms with van der Waals surface area (Å²) in [6.45, 7) is 0. The second-order valence-corrected chi connectivity index (χ2v) is 7.09. The van der Waals surface area contributed by atoms with Gasteiger partial charge in [-0.25, -0.2) is 0 Å². The predicted molar refractivity (Wildman–Crippen MR) is 77.6 cm³/mol. The molecule has 1 aliphatic carbocycles. The van der Waals surface area contributed by atoms with Crippen molar-refractivity contribution in [1.29, 1.82) is 0 Å². The van der Waals surface area contributed by atoms with Crippen molar-refractivity contribution < 1.29 is 26.1 Å². The van der Waals surface area contributed by atoms with Crippen molar-refractivity contribution >= 4 is 27.7 Å². The Balaban J connectivity index is 2.21. The monoisotopic (exact) mass is 382 g/mol. The zero-order valence-corrected chi connectivity index (χ0v) is 13.3. The van der Waals surface area contributed by atoms with Gasteiger partial charge in [0.05, 0.1) is 15.6 Å². The van der Waals surface area contributed by atoms with Crippen molar-refractivity contribution in [3.8, 4) is 5.69 Å². The Bertz CT molecular complexity index is 922. The van der Waals surface area contributed by atoms with Gasteiger partial charge < -0.3 is 5.73 Å². The van der Waals surface area contributed by atoms with Crippen molar-refractivity contribution in [2.45, 2.75) is 29.8 Å². The van der Waals surface area contributed by atoms with E-state index < -0.39 is 33.0 Å². The number of rotatable bonds is 3. The number of nitrogen functional groups attached to an aromatic ring is 1. The molecule has 0 radical (unpaired) electrons. The molecule has 24 heavy (non-hydrogen) atoms. The van der Waals surface area contributed by atoms with Crippen LogP contribution < -0.4 is 5.73 Å². The number of hydrogen-bond acceptors (Lipinski definition) is 5. The van der Waals surface area contributed by atoms with E-state index in [4.69, 9.17) is 17.3 Å². The Labute approximate surface area is 139 Å². The Morgan fingerprint density at radius 1 is 1.33 bits per heavy atom. The van der Waals surface area contributed by atoms with Gasteiger partial charge in [-0.1, -0.05) is 11.6 Å². The van der Waals surface area contributed by atoms with E-state index in [9.17, 15) is 26.1 Å². The lowest BCUT2D eigenvalue weighted by Gasteiger charge is -2.12. The molecule has 0 bridgehead atoms. The van der Waals surface area contributed by atoms with Crippen LogP contribution in [0.4, 0.5) is 19.1 Å². The number of anilines is 1. The van der Waals surface area contributed by atoms with Gasteiger partial charge in [0.2, 0.25) is 5.95 Å². The summed E-state index contributed by atoms with van der Waals surface area (Å²) in [5.74, 6) is -2.19. The van der Waals surface area contributed by atoms with Gasteiger partial charge in [0.15, 0.2) is 0 Å². The normalized spacial score (nSPS) is 15.7. The van der Waals surface area contributed by atoms with E-state index in [1.54, 1.807) is 0 Å². The predicted octanol–water partition coefficient (Wildman–Crippen LogP) is 2.65. The van der Waals surface area contributed by atoms with Crippen LogP contribution in [0, 0.1) is 0 Å². The van der Waals surface area contributed by atoms with Gasteiger partial charge in [-0.15, -0.1) is 5.10 Å². The molecule has 0 aliphatic heterocycles. The number of halogens is 4. The van der Waals surface area contributed by atoms with Crippen LogP contribution in [0.3, 0.4) is 0 Å². The molecule has 130 valence electrons. The molecule has 1 aliphatic rings. The molecule has 2 aromatic rings. The summed E-state index contributed by atoms with van der Waals surface area (Å²) in [7, 11) is -4.60. The summed E-state index contributed by atoms with van der Waals surface area (Å²) in [5, 5.41) is 3.16. The van der Waals surface area contributed by atoms with Gasteiger partial charge in [-0.05, 0) is 36.5 Å². The molecule has 0 atom stereocenters. The largest absolute Gasteiger partial charge is 0.453 e. The standard InChI is InChI=1S/C12H10ClF3N4O3S/c13-7-3-6(5-1-2-5)9(24(21,22)23)4-8(7)20-11(17)18-10(19-20)12(14,15)16/h3-5H,1-2H2,(H2,17,18,19)(H,21,22,23). The maximum Gasteiger partial charge on any atom is 0.453 e. The van der Waals surface area contributed by atoms with Crippen molar-refractivity contribution in [2.24, 2.45) is 0 Å².